The maximum atomic E-state index is 12.5. The Kier molecular flexibility index (Phi) is 4.65. The third-order valence-electron chi connectivity index (χ3n) is 3.98. The van der Waals surface area contributed by atoms with E-state index in [2.05, 4.69) is 48.4 Å². The minimum Gasteiger partial charge on any atom is -0.343 e. The normalized spacial score (nSPS) is 11.5. The fraction of sp³-hybridized carbons (Fsp3) is 0.368. The van der Waals surface area contributed by atoms with Gasteiger partial charge in [-0.05, 0) is 49.9 Å². The topological polar surface area (TPSA) is 42.0 Å². The van der Waals surface area contributed by atoms with Gasteiger partial charge < -0.3 is 5.32 Å². The predicted octanol–water partition coefficient (Wildman–Crippen LogP) is 4.18. The number of carbonyl (C=O) groups excluding carboxylic acids is 1. The molecule has 1 aromatic carbocycles. The number of benzene rings is 1. The first-order chi connectivity index (χ1) is 10.3. The molecule has 0 unspecified atom stereocenters. The molecule has 0 aliphatic heterocycles. The number of nitrogens with one attached hydrogen (secondary N) is 1. The molecule has 1 heterocycles. The van der Waals surface area contributed by atoms with Crippen LogP contribution in [0.5, 0.6) is 0 Å². The summed E-state index contributed by atoms with van der Waals surface area (Å²) in [5, 5.41) is 3.10. The Morgan fingerprint density at radius 3 is 2.32 bits per heavy atom. The first-order valence-corrected chi connectivity index (χ1v) is 7.66. The zero-order valence-corrected chi connectivity index (χ0v) is 14.0. The van der Waals surface area contributed by atoms with Crippen molar-refractivity contribution in [3.05, 3.63) is 65.0 Å². The van der Waals surface area contributed by atoms with Crippen LogP contribution in [0.1, 0.15) is 60.8 Å². The highest BCUT2D eigenvalue weighted by atomic mass is 16.1. The Balaban J connectivity index is 2.20. The van der Waals surface area contributed by atoms with Gasteiger partial charge >= 0.3 is 0 Å². The lowest BCUT2D eigenvalue weighted by Gasteiger charge is -2.27. The van der Waals surface area contributed by atoms with E-state index in [1.807, 2.05) is 20.8 Å². The van der Waals surface area contributed by atoms with Crippen molar-refractivity contribution >= 4 is 5.91 Å². The van der Waals surface area contributed by atoms with Gasteiger partial charge in [0.2, 0.25) is 0 Å². The highest BCUT2D eigenvalue weighted by Crippen LogP contribution is 2.23. The largest absolute Gasteiger partial charge is 0.343 e. The summed E-state index contributed by atoms with van der Waals surface area (Å²) in [6, 6.07) is 12.0. The summed E-state index contributed by atoms with van der Waals surface area (Å²) >= 11 is 0. The van der Waals surface area contributed by atoms with E-state index in [0.717, 1.165) is 11.3 Å². The van der Waals surface area contributed by atoms with Crippen molar-refractivity contribution in [3.63, 3.8) is 0 Å². The summed E-state index contributed by atoms with van der Waals surface area (Å²) in [5.41, 5.74) is 3.32. The third-order valence-corrected chi connectivity index (χ3v) is 3.98. The maximum Gasteiger partial charge on any atom is 0.253 e. The van der Waals surface area contributed by atoms with Crippen LogP contribution in [0.15, 0.2) is 42.6 Å². The molecule has 2 rings (SSSR count). The number of carbonyl (C=O) groups is 1. The van der Waals surface area contributed by atoms with Crippen LogP contribution in [0.4, 0.5) is 0 Å². The van der Waals surface area contributed by atoms with E-state index in [-0.39, 0.29) is 5.91 Å². The summed E-state index contributed by atoms with van der Waals surface area (Å²) < 4.78 is 0. The van der Waals surface area contributed by atoms with Crippen molar-refractivity contribution in [2.24, 2.45) is 0 Å². The number of nitrogens with zero attached hydrogens (tertiary/aromatic N) is 1. The van der Waals surface area contributed by atoms with E-state index in [1.54, 1.807) is 18.3 Å². The van der Waals surface area contributed by atoms with Gasteiger partial charge in [0.1, 0.15) is 0 Å². The Morgan fingerprint density at radius 2 is 1.77 bits per heavy atom. The summed E-state index contributed by atoms with van der Waals surface area (Å²) in [6.07, 6.45) is 1.70. The minimum atomic E-state index is -0.436. The number of pyridine rings is 1. The zero-order chi connectivity index (χ0) is 16.3. The van der Waals surface area contributed by atoms with E-state index >= 15 is 0 Å². The van der Waals surface area contributed by atoms with E-state index in [4.69, 9.17) is 0 Å². The standard InChI is InChI=1S/C19H24N2O/c1-13(2)15-8-10-16(11-9-15)19(4,5)21-18(22)17-7-6-12-20-14(17)3/h6-13H,1-5H3,(H,21,22). The summed E-state index contributed by atoms with van der Waals surface area (Å²) in [5.74, 6) is 0.410. The quantitative estimate of drug-likeness (QED) is 0.919. The molecule has 1 aromatic heterocycles. The lowest BCUT2D eigenvalue weighted by Crippen LogP contribution is -2.41. The van der Waals surface area contributed by atoms with Crippen LogP contribution in [0, 0.1) is 6.92 Å². The second-order valence-corrected chi connectivity index (χ2v) is 6.49. The average Bonchev–Trinajstić information content (AvgIpc) is 2.47. The summed E-state index contributed by atoms with van der Waals surface area (Å²) in [6.45, 7) is 10.2. The lowest BCUT2D eigenvalue weighted by atomic mass is 9.91. The van der Waals surface area contributed by atoms with Crippen molar-refractivity contribution in [1.29, 1.82) is 0 Å². The van der Waals surface area contributed by atoms with Crippen LogP contribution in [0.2, 0.25) is 0 Å². The van der Waals surface area contributed by atoms with Crippen molar-refractivity contribution in [2.45, 2.75) is 46.1 Å². The Morgan fingerprint density at radius 1 is 1.14 bits per heavy atom. The second-order valence-electron chi connectivity index (χ2n) is 6.49. The van der Waals surface area contributed by atoms with Crippen LogP contribution in [-0.2, 0) is 5.54 Å². The number of rotatable bonds is 4. The first kappa shape index (κ1) is 16.2. The van der Waals surface area contributed by atoms with Gasteiger partial charge in [0, 0.05) is 11.9 Å². The minimum absolute atomic E-state index is 0.0939. The molecule has 0 atom stereocenters. The third kappa shape index (κ3) is 3.53. The first-order valence-electron chi connectivity index (χ1n) is 7.66. The van der Waals surface area contributed by atoms with Crippen LogP contribution in [0.3, 0.4) is 0 Å². The van der Waals surface area contributed by atoms with Crippen molar-refractivity contribution in [2.75, 3.05) is 0 Å². The molecule has 0 aliphatic rings. The number of amides is 1. The molecular formula is C19H24N2O. The number of hydrogen-bond donors (Lipinski definition) is 1. The van der Waals surface area contributed by atoms with Crippen LogP contribution in [0.25, 0.3) is 0 Å². The molecule has 0 saturated carbocycles. The molecule has 116 valence electrons. The number of hydrogen-bond acceptors (Lipinski definition) is 2. The van der Waals surface area contributed by atoms with E-state index in [9.17, 15) is 4.79 Å². The average molecular weight is 296 g/mol. The Labute approximate surface area is 132 Å². The molecule has 0 saturated heterocycles. The van der Waals surface area contributed by atoms with E-state index in [1.165, 1.54) is 5.56 Å². The summed E-state index contributed by atoms with van der Waals surface area (Å²) in [7, 11) is 0. The van der Waals surface area contributed by atoms with Gasteiger partial charge in [-0.1, -0.05) is 38.1 Å². The number of aromatic nitrogens is 1. The van der Waals surface area contributed by atoms with Gasteiger partial charge in [-0.15, -0.1) is 0 Å². The van der Waals surface area contributed by atoms with Gasteiger partial charge in [-0.25, -0.2) is 0 Å². The monoisotopic (exact) mass is 296 g/mol. The lowest BCUT2D eigenvalue weighted by molar-refractivity contribution is 0.0911. The van der Waals surface area contributed by atoms with Gasteiger partial charge in [0.05, 0.1) is 11.1 Å². The molecule has 3 heteroatoms. The fourth-order valence-electron chi connectivity index (χ4n) is 2.43. The molecule has 3 nitrogen and oxygen atoms in total. The molecule has 1 N–H and O–H groups in total. The molecule has 0 radical (unpaired) electrons. The molecule has 0 bridgehead atoms. The second kappa shape index (κ2) is 6.30. The van der Waals surface area contributed by atoms with Crippen molar-refractivity contribution < 1.29 is 4.79 Å². The fourth-order valence-corrected chi connectivity index (χ4v) is 2.43. The van der Waals surface area contributed by atoms with E-state index in [0.29, 0.717) is 11.5 Å². The molecule has 0 fully saturated rings. The zero-order valence-electron chi connectivity index (χ0n) is 14.0. The van der Waals surface area contributed by atoms with Crippen LogP contribution >= 0.6 is 0 Å². The van der Waals surface area contributed by atoms with Gasteiger partial charge in [-0.3, -0.25) is 9.78 Å². The molecule has 2 aromatic rings. The number of aryl methyl sites for hydroxylation is 1. The molecule has 1 amide bonds. The molecule has 22 heavy (non-hydrogen) atoms. The predicted molar refractivity (Wildman–Crippen MR) is 90.0 cm³/mol. The van der Waals surface area contributed by atoms with Crippen LogP contribution < -0.4 is 5.32 Å². The smallest absolute Gasteiger partial charge is 0.253 e. The highest BCUT2D eigenvalue weighted by Gasteiger charge is 2.24. The maximum absolute atomic E-state index is 12.5. The highest BCUT2D eigenvalue weighted by molar-refractivity contribution is 5.95. The van der Waals surface area contributed by atoms with Crippen molar-refractivity contribution in [3.8, 4) is 0 Å². The summed E-state index contributed by atoms with van der Waals surface area (Å²) in [4.78, 5) is 16.7. The molecule has 0 aliphatic carbocycles. The van der Waals surface area contributed by atoms with Gasteiger partial charge in [0.25, 0.3) is 5.91 Å². The van der Waals surface area contributed by atoms with Crippen LogP contribution in [-0.4, -0.2) is 10.9 Å². The van der Waals surface area contributed by atoms with E-state index < -0.39 is 5.54 Å². The van der Waals surface area contributed by atoms with Gasteiger partial charge in [-0.2, -0.15) is 0 Å². The van der Waals surface area contributed by atoms with Crippen molar-refractivity contribution in [1.82, 2.24) is 10.3 Å². The SMILES string of the molecule is Cc1ncccc1C(=O)NC(C)(C)c1ccc(C(C)C)cc1. The molecular weight excluding hydrogens is 272 g/mol. The molecule has 0 spiro atoms. The Bertz CT molecular complexity index is 657. The Hall–Kier alpha value is -2.16. The van der Waals surface area contributed by atoms with Gasteiger partial charge in [0.15, 0.2) is 0 Å².